The second-order valence-corrected chi connectivity index (χ2v) is 6.48. The second-order valence-electron chi connectivity index (χ2n) is 6.48. The highest BCUT2D eigenvalue weighted by molar-refractivity contribution is 5.83. The van der Waals surface area contributed by atoms with Crippen LogP contribution in [0, 0.1) is 5.92 Å². The summed E-state index contributed by atoms with van der Waals surface area (Å²) in [6, 6.07) is 7.89. The number of benzene rings is 1. The minimum absolute atomic E-state index is 0.0218. The molecule has 1 aliphatic carbocycles. The molecular formula is C18H24N2O3. The summed E-state index contributed by atoms with van der Waals surface area (Å²) >= 11 is 0. The molecule has 0 spiro atoms. The first-order chi connectivity index (χ1) is 11.2. The number of carbonyl (C=O) groups is 2. The molecule has 3 rings (SSSR count). The molecule has 2 amide bonds. The van der Waals surface area contributed by atoms with Gasteiger partial charge in [-0.15, -0.1) is 0 Å². The second kappa shape index (κ2) is 7.02. The van der Waals surface area contributed by atoms with Crippen LogP contribution in [0.3, 0.4) is 0 Å². The van der Waals surface area contributed by atoms with Gasteiger partial charge in [0.25, 0.3) is 0 Å². The monoisotopic (exact) mass is 316 g/mol. The quantitative estimate of drug-likeness (QED) is 0.870. The Morgan fingerprint density at radius 1 is 1.30 bits per heavy atom. The third-order valence-corrected chi connectivity index (χ3v) is 4.87. The van der Waals surface area contributed by atoms with Gasteiger partial charge in [-0.2, -0.15) is 0 Å². The number of amides is 2. The molecule has 2 aliphatic rings. The van der Waals surface area contributed by atoms with Crippen molar-refractivity contribution in [3.63, 3.8) is 0 Å². The van der Waals surface area contributed by atoms with E-state index in [1.165, 1.54) is 5.56 Å². The maximum Gasteiger partial charge on any atom is 0.224 e. The molecule has 1 aliphatic heterocycles. The van der Waals surface area contributed by atoms with E-state index in [1.54, 1.807) is 7.11 Å². The Morgan fingerprint density at radius 2 is 2.04 bits per heavy atom. The molecule has 5 nitrogen and oxygen atoms in total. The number of rotatable bonds is 6. The van der Waals surface area contributed by atoms with Crippen molar-refractivity contribution in [3.05, 3.63) is 29.8 Å². The Hall–Kier alpha value is -2.04. The predicted octanol–water partition coefficient (Wildman–Crippen LogP) is 1.75. The molecule has 0 aromatic heterocycles. The van der Waals surface area contributed by atoms with Crippen LogP contribution in [0.1, 0.15) is 31.2 Å². The van der Waals surface area contributed by atoms with Crippen molar-refractivity contribution in [1.29, 1.82) is 0 Å². The van der Waals surface area contributed by atoms with Crippen LogP contribution in [0.2, 0.25) is 0 Å². The van der Waals surface area contributed by atoms with Crippen molar-refractivity contribution in [1.82, 2.24) is 10.2 Å². The minimum Gasteiger partial charge on any atom is -0.497 e. The lowest BCUT2D eigenvalue weighted by molar-refractivity contribution is -0.128. The van der Waals surface area contributed by atoms with Gasteiger partial charge in [-0.1, -0.05) is 18.6 Å². The molecule has 0 radical (unpaired) electrons. The van der Waals surface area contributed by atoms with Crippen LogP contribution in [0.4, 0.5) is 0 Å². The lowest BCUT2D eigenvalue weighted by atomic mass is 9.84. The highest BCUT2D eigenvalue weighted by Gasteiger charge is 2.33. The average molecular weight is 316 g/mol. The molecule has 1 saturated carbocycles. The molecule has 124 valence electrons. The van der Waals surface area contributed by atoms with Crippen LogP contribution in [-0.4, -0.2) is 43.0 Å². The largest absolute Gasteiger partial charge is 0.497 e. The zero-order valence-corrected chi connectivity index (χ0v) is 13.6. The number of likely N-dealkylation sites (tertiary alicyclic amines) is 1. The SMILES string of the molecule is COc1ccc(CCN2CC(NC(=O)C3CCC3)CC2=O)cc1. The molecule has 1 heterocycles. The zero-order valence-electron chi connectivity index (χ0n) is 13.6. The highest BCUT2D eigenvalue weighted by atomic mass is 16.5. The Bertz CT molecular complexity index is 566. The number of ether oxygens (including phenoxy) is 1. The summed E-state index contributed by atoms with van der Waals surface area (Å²) in [6.45, 7) is 1.33. The Balaban J connectivity index is 1.46. The summed E-state index contributed by atoms with van der Waals surface area (Å²) in [5.74, 6) is 1.28. The first-order valence-electron chi connectivity index (χ1n) is 8.37. The van der Waals surface area contributed by atoms with E-state index in [9.17, 15) is 9.59 Å². The van der Waals surface area contributed by atoms with Gasteiger partial charge in [0, 0.05) is 25.4 Å². The molecule has 1 aromatic carbocycles. The fourth-order valence-electron chi connectivity index (χ4n) is 3.13. The summed E-state index contributed by atoms with van der Waals surface area (Å²) in [6.07, 6.45) is 4.39. The van der Waals surface area contributed by atoms with Crippen molar-refractivity contribution in [2.45, 2.75) is 38.1 Å². The number of hydrogen-bond donors (Lipinski definition) is 1. The van der Waals surface area contributed by atoms with Crippen LogP contribution >= 0.6 is 0 Å². The summed E-state index contributed by atoms with van der Waals surface area (Å²) in [4.78, 5) is 25.9. The number of hydrogen-bond acceptors (Lipinski definition) is 3. The smallest absolute Gasteiger partial charge is 0.224 e. The van der Waals surface area contributed by atoms with Gasteiger partial charge >= 0.3 is 0 Å². The summed E-state index contributed by atoms with van der Waals surface area (Å²) in [5, 5.41) is 3.04. The third kappa shape index (κ3) is 3.84. The van der Waals surface area contributed by atoms with E-state index in [1.807, 2.05) is 29.2 Å². The van der Waals surface area contributed by atoms with E-state index in [0.29, 0.717) is 19.5 Å². The maximum absolute atomic E-state index is 12.1. The lowest BCUT2D eigenvalue weighted by Crippen LogP contribution is -2.42. The third-order valence-electron chi connectivity index (χ3n) is 4.87. The van der Waals surface area contributed by atoms with Gasteiger partial charge in [0.2, 0.25) is 11.8 Å². The van der Waals surface area contributed by atoms with E-state index in [-0.39, 0.29) is 23.8 Å². The van der Waals surface area contributed by atoms with E-state index in [0.717, 1.165) is 31.4 Å². The van der Waals surface area contributed by atoms with Gasteiger partial charge in [0.1, 0.15) is 5.75 Å². The topological polar surface area (TPSA) is 58.6 Å². The average Bonchev–Trinajstić information content (AvgIpc) is 2.83. The number of nitrogens with one attached hydrogen (secondary N) is 1. The molecule has 1 N–H and O–H groups in total. The molecule has 1 aromatic rings. The summed E-state index contributed by atoms with van der Waals surface area (Å²) in [5.41, 5.74) is 1.18. The van der Waals surface area contributed by atoms with Gasteiger partial charge in [-0.3, -0.25) is 9.59 Å². The Kier molecular flexibility index (Phi) is 4.84. The van der Waals surface area contributed by atoms with Crippen LogP contribution in [0.25, 0.3) is 0 Å². The van der Waals surface area contributed by atoms with E-state index in [2.05, 4.69) is 5.32 Å². The number of nitrogens with zero attached hydrogens (tertiary/aromatic N) is 1. The molecule has 1 unspecified atom stereocenters. The van der Waals surface area contributed by atoms with E-state index >= 15 is 0 Å². The summed E-state index contributed by atoms with van der Waals surface area (Å²) in [7, 11) is 1.65. The summed E-state index contributed by atoms with van der Waals surface area (Å²) < 4.78 is 5.14. The first-order valence-corrected chi connectivity index (χ1v) is 8.37. The molecule has 1 atom stereocenters. The van der Waals surface area contributed by atoms with E-state index in [4.69, 9.17) is 4.74 Å². The van der Waals surface area contributed by atoms with Crippen molar-refractivity contribution >= 4 is 11.8 Å². The fraction of sp³-hybridized carbons (Fsp3) is 0.556. The fourth-order valence-corrected chi connectivity index (χ4v) is 3.13. The van der Waals surface area contributed by atoms with E-state index < -0.39 is 0 Å². The van der Waals surface area contributed by atoms with Crippen molar-refractivity contribution in [2.24, 2.45) is 5.92 Å². The van der Waals surface area contributed by atoms with Gasteiger partial charge in [0.05, 0.1) is 13.2 Å². The van der Waals surface area contributed by atoms with Gasteiger partial charge in [-0.05, 0) is 37.0 Å². The molecule has 5 heteroatoms. The molecule has 0 bridgehead atoms. The van der Waals surface area contributed by atoms with Crippen molar-refractivity contribution in [3.8, 4) is 5.75 Å². The maximum atomic E-state index is 12.1. The van der Waals surface area contributed by atoms with Gasteiger partial charge in [0.15, 0.2) is 0 Å². The van der Waals surface area contributed by atoms with Crippen LogP contribution < -0.4 is 10.1 Å². The normalized spacial score (nSPS) is 21.2. The molecule has 2 fully saturated rings. The predicted molar refractivity (Wildman–Crippen MR) is 87.2 cm³/mol. The van der Waals surface area contributed by atoms with Crippen LogP contribution in [0.5, 0.6) is 5.75 Å². The zero-order chi connectivity index (χ0) is 16.2. The molecular weight excluding hydrogens is 292 g/mol. The Labute approximate surface area is 137 Å². The standard InChI is InChI=1S/C18H24N2O3/c1-23-16-7-5-13(6-8-16)9-10-20-12-15(11-17(20)21)19-18(22)14-3-2-4-14/h5-8,14-15H,2-4,9-12H2,1H3,(H,19,22). The minimum atomic E-state index is -0.0218. The molecule has 1 saturated heterocycles. The number of methoxy groups -OCH3 is 1. The van der Waals surface area contributed by atoms with Crippen molar-refractivity contribution < 1.29 is 14.3 Å². The highest BCUT2D eigenvalue weighted by Crippen LogP contribution is 2.26. The van der Waals surface area contributed by atoms with Crippen molar-refractivity contribution in [2.75, 3.05) is 20.2 Å². The van der Waals surface area contributed by atoms with Gasteiger partial charge < -0.3 is 15.0 Å². The first kappa shape index (κ1) is 15.8. The van der Waals surface area contributed by atoms with Gasteiger partial charge in [-0.25, -0.2) is 0 Å². The van der Waals surface area contributed by atoms with Crippen LogP contribution in [-0.2, 0) is 16.0 Å². The number of carbonyl (C=O) groups excluding carboxylic acids is 2. The molecule has 23 heavy (non-hydrogen) atoms. The Morgan fingerprint density at radius 3 is 2.65 bits per heavy atom. The lowest BCUT2D eigenvalue weighted by Gasteiger charge is -2.26. The van der Waals surface area contributed by atoms with Crippen LogP contribution in [0.15, 0.2) is 24.3 Å².